The molecular weight excluding hydrogens is 304 g/mol. The van der Waals surface area contributed by atoms with E-state index < -0.39 is 0 Å². The van der Waals surface area contributed by atoms with Gasteiger partial charge in [-0.1, -0.05) is 36.4 Å². The summed E-state index contributed by atoms with van der Waals surface area (Å²) in [5, 5.41) is 0. The Morgan fingerprint density at radius 3 is 2.57 bits per heavy atom. The van der Waals surface area contributed by atoms with Gasteiger partial charge in [0.2, 0.25) is 5.91 Å². The van der Waals surface area contributed by atoms with Gasteiger partial charge in [0.05, 0.1) is 12.2 Å². The molecule has 2 aromatic rings. The van der Waals surface area contributed by atoms with Gasteiger partial charge < -0.3 is 9.80 Å². The van der Waals surface area contributed by atoms with Crippen molar-refractivity contribution in [2.45, 2.75) is 23.6 Å². The molecule has 23 heavy (non-hydrogen) atoms. The standard InChI is InChI=1S/C19H22N2OS/c1-20(2)12-11-19(22)21-13-15-7-3-4-8-16(15)14-23-18-10-6-5-9-17(18)21/h3-10H,11-14H2,1-2H3. The molecule has 0 fully saturated rings. The molecule has 0 bridgehead atoms. The van der Waals surface area contributed by atoms with Gasteiger partial charge in [0.1, 0.15) is 0 Å². The fraction of sp³-hybridized carbons (Fsp3) is 0.316. The molecule has 0 saturated carbocycles. The highest BCUT2D eigenvalue weighted by atomic mass is 32.2. The molecular formula is C19H22N2OS. The molecule has 4 heteroatoms. The lowest BCUT2D eigenvalue weighted by Gasteiger charge is -2.29. The fourth-order valence-electron chi connectivity index (χ4n) is 2.74. The smallest absolute Gasteiger partial charge is 0.228 e. The number of benzene rings is 2. The van der Waals surface area contributed by atoms with E-state index in [0.29, 0.717) is 13.0 Å². The van der Waals surface area contributed by atoms with Crippen molar-refractivity contribution < 1.29 is 4.79 Å². The lowest BCUT2D eigenvalue weighted by Crippen LogP contribution is -2.33. The molecule has 3 nitrogen and oxygen atoms in total. The number of carbonyl (C=O) groups excluding carboxylic acids is 1. The maximum Gasteiger partial charge on any atom is 0.228 e. The minimum absolute atomic E-state index is 0.184. The van der Waals surface area contributed by atoms with Crippen LogP contribution in [-0.4, -0.2) is 31.4 Å². The van der Waals surface area contributed by atoms with E-state index >= 15 is 0 Å². The molecule has 0 radical (unpaired) electrons. The molecule has 1 heterocycles. The van der Waals surface area contributed by atoms with Gasteiger partial charge in [0.25, 0.3) is 0 Å². The van der Waals surface area contributed by atoms with Crippen LogP contribution in [0.4, 0.5) is 5.69 Å². The zero-order chi connectivity index (χ0) is 16.2. The molecule has 1 amide bonds. The molecule has 120 valence electrons. The average molecular weight is 326 g/mol. The fourth-order valence-corrected chi connectivity index (χ4v) is 3.84. The third-order valence-corrected chi connectivity index (χ3v) is 5.17. The summed E-state index contributed by atoms with van der Waals surface area (Å²) >= 11 is 1.81. The number of para-hydroxylation sites is 1. The van der Waals surface area contributed by atoms with Crippen LogP contribution in [0.2, 0.25) is 0 Å². The van der Waals surface area contributed by atoms with E-state index in [1.54, 1.807) is 11.8 Å². The Bertz CT molecular complexity index is 699. The van der Waals surface area contributed by atoms with Gasteiger partial charge in [-0.15, -0.1) is 11.8 Å². The number of hydrogen-bond acceptors (Lipinski definition) is 3. The second-order valence-electron chi connectivity index (χ2n) is 6.06. The highest BCUT2D eigenvalue weighted by Crippen LogP contribution is 2.36. The van der Waals surface area contributed by atoms with Gasteiger partial charge >= 0.3 is 0 Å². The van der Waals surface area contributed by atoms with Crippen molar-refractivity contribution in [2.75, 3.05) is 25.5 Å². The van der Waals surface area contributed by atoms with Crippen LogP contribution in [0.3, 0.4) is 0 Å². The molecule has 1 aliphatic heterocycles. The number of amides is 1. The summed E-state index contributed by atoms with van der Waals surface area (Å²) in [6, 6.07) is 16.7. The van der Waals surface area contributed by atoms with Crippen molar-refractivity contribution in [3.63, 3.8) is 0 Å². The molecule has 0 N–H and O–H groups in total. The summed E-state index contributed by atoms with van der Waals surface area (Å²) in [6.07, 6.45) is 0.536. The Balaban J connectivity index is 1.95. The second kappa shape index (κ2) is 7.20. The van der Waals surface area contributed by atoms with Crippen LogP contribution in [-0.2, 0) is 17.1 Å². The van der Waals surface area contributed by atoms with E-state index in [1.807, 2.05) is 31.1 Å². The van der Waals surface area contributed by atoms with Crippen LogP contribution in [0.5, 0.6) is 0 Å². The minimum atomic E-state index is 0.184. The summed E-state index contributed by atoms with van der Waals surface area (Å²) in [5.74, 6) is 1.14. The van der Waals surface area contributed by atoms with Crippen molar-refractivity contribution >= 4 is 23.4 Å². The number of anilines is 1. The molecule has 3 rings (SSSR count). The summed E-state index contributed by atoms with van der Waals surface area (Å²) in [6.45, 7) is 1.42. The largest absolute Gasteiger partial charge is 0.309 e. The molecule has 0 aliphatic carbocycles. The first-order valence-corrected chi connectivity index (χ1v) is 8.87. The van der Waals surface area contributed by atoms with Crippen molar-refractivity contribution in [3.8, 4) is 0 Å². The van der Waals surface area contributed by atoms with Gasteiger partial charge in [-0.05, 0) is 37.4 Å². The molecule has 0 atom stereocenters. The maximum absolute atomic E-state index is 12.8. The molecule has 0 spiro atoms. The Morgan fingerprint density at radius 1 is 1.09 bits per heavy atom. The zero-order valence-corrected chi connectivity index (χ0v) is 14.5. The number of nitrogens with zero attached hydrogens (tertiary/aromatic N) is 2. The lowest BCUT2D eigenvalue weighted by atomic mass is 10.1. The van der Waals surface area contributed by atoms with Crippen molar-refractivity contribution in [1.82, 2.24) is 4.90 Å². The molecule has 2 aromatic carbocycles. The normalized spacial score (nSPS) is 14.0. The molecule has 0 saturated heterocycles. The lowest BCUT2D eigenvalue weighted by molar-refractivity contribution is -0.119. The van der Waals surface area contributed by atoms with Crippen molar-refractivity contribution in [3.05, 3.63) is 59.7 Å². The topological polar surface area (TPSA) is 23.6 Å². The van der Waals surface area contributed by atoms with E-state index in [0.717, 1.165) is 18.0 Å². The van der Waals surface area contributed by atoms with E-state index in [1.165, 1.54) is 16.0 Å². The zero-order valence-electron chi connectivity index (χ0n) is 13.7. The summed E-state index contributed by atoms with van der Waals surface area (Å²) < 4.78 is 0. The van der Waals surface area contributed by atoms with E-state index in [-0.39, 0.29) is 5.91 Å². The molecule has 0 unspecified atom stereocenters. The average Bonchev–Trinajstić information content (AvgIpc) is 2.55. The van der Waals surface area contributed by atoms with E-state index in [2.05, 4.69) is 41.3 Å². The van der Waals surface area contributed by atoms with Gasteiger partial charge in [-0.2, -0.15) is 0 Å². The summed E-state index contributed by atoms with van der Waals surface area (Å²) in [5.41, 5.74) is 3.60. The van der Waals surface area contributed by atoms with Gasteiger partial charge in [0.15, 0.2) is 0 Å². The summed E-state index contributed by atoms with van der Waals surface area (Å²) in [4.78, 5) is 18.0. The van der Waals surface area contributed by atoms with Crippen LogP contribution in [0.15, 0.2) is 53.4 Å². The third kappa shape index (κ3) is 3.77. The molecule has 0 aromatic heterocycles. The van der Waals surface area contributed by atoms with Crippen molar-refractivity contribution in [1.29, 1.82) is 0 Å². The summed E-state index contributed by atoms with van der Waals surface area (Å²) in [7, 11) is 4.00. The van der Waals surface area contributed by atoms with E-state index in [9.17, 15) is 4.79 Å². The van der Waals surface area contributed by atoms with E-state index in [4.69, 9.17) is 0 Å². The number of carbonyl (C=O) groups is 1. The first-order chi connectivity index (χ1) is 11.1. The third-order valence-electron chi connectivity index (χ3n) is 4.06. The highest BCUT2D eigenvalue weighted by Gasteiger charge is 2.22. The van der Waals surface area contributed by atoms with Gasteiger partial charge in [-0.3, -0.25) is 4.79 Å². The second-order valence-corrected chi connectivity index (χ2v) is 7.08. The first kappa shape index (κ1) is 16.1. The van der Waals surface area contributed by atoms with Crippen LogP contribution < -0.4 is 4.90 Å². The van der Waals surface area contributed by atoms with Crippen LogP contribution in [0.25, 0.3) is 0 Å². The number of fused-ring (bicyclic) bond motifs is 2. The predicted octanol–water partition coefficient (Wildman–Crippen LogP) is 3.78. The monoisotopic (exact) mass is 326 g/mol. The van der Waals surface area contributed by atoms with Crippen LogP contribution in [0.1, 0.15) is 17.5 Å². The van der Waals surface area contributed by atoms with Gasteiger partial charge in [0, 0.05) is 23.6 Å². The first-order valence-electron chi connectivity index (χ1n) is 7.89. The number of hydrogen-bond donors (Lipinski definition) is 0. The number of rotatable bonds is 3. The maximum atomic E-state index is 12.8. The van der Waals surface area contributed by atoms with Gasteiger partial charge in [-0.25, -0.2) is 0 Å². The SMILES string of the molecule is CN(C)CCC(=O)N1Cc2ccccc2CSc2ccccc21. The van der Waals surface area contributed by atoms with Crippen molar-refractivity contribution in [2.24, 2.45) is 0 Å². The highest BCUT2D eigenvalue weighted by molar-refractivity contribution is 7.98. The Labute approximate surface area is 142 Å². The van der Waals surface area contributed by atoms with Crippen LogP contribution >= 0.6 is 11.8 Å². The minimum Gasteiger partial charge on any atom is -0.309 e. The Hall–Kier alpha value is -1.78. The quantitative estimate of drug-likeness (QED) is 0.858. The van der Waals surface area contributed by atoms with Crippen LogP contribution in [0, 0.1) is 0 Å². The molecule has 1 aliphatic rings. The predicted molar refractivity (Wildman–Crippen MR) is 96.8 cm³/mol. The number of thioether (sulfide) groups is 1. The Morgan fingerprint density at radius 2 is 1.78 bits per heavy atom. The Kier molecular flexibility index (Phi) is 5.03.